The van der Waals surface area contributed by atoms with Gasteiger partial charge in [-0.15, -0.1) is 0 Å². The van der Waals surface area contributed by atoms with Crippen molar-refractivity contribution >= 4 is 55.4 Å². The second kappa shape index (κ2) is 15.2. The third kappa shape index (κ3) is 7.31. The van der Waals surface area contributed by atoms with Crippen LogP contribution >= 0.6 is 11.6 Å². The second-order valence-corrected chi connectivity index (χ2v) is 17.0. The molecule has 1 saturated carbocycles. The zero-order chi connectivity index (χ0) is 39.1. The van der Waals surface area contributed by atoms with Gasteiger partial charge in [-0.25, -0.2) is 23.1 Å². The van der Waals surface area contributed by atoms with Gasteiger partial charge in [0.1, 0.15) is 5.82 Å². The van der Waals surface area contributed by atoms with Gasteiger partial charge in [-0.05, 0) is 116 Å². The molecule has 0 spiro atoms. The topological polar surface area (TPSA) is 114 Å². The van der Waals surface area contributed by atoms with Gasteiger partial charge in [-0.3, -0.25) is 9.59 Å². The maximum atomic E-state index is 13.5. The summed E-state index contributed by atoms with van der Waals surface area (Å²) in [6.45, 7) is 1.54. The van der Waals surface area contributed by atoms with Gasteiger partial charge in [0, 0.05) is 51.8 Å². The zero-order valence-corrected chi connectivity index (χ0v) is 32.8. The molecule has 2 amide bonds. The lowest BCUT2D eigenvalue weighted by Crippen LogP contribution is -2.30. The number of sulfonamides is 1. The fourth-order valence-corrected chi connectivity index (χ4v) is 9.40. The van der Waals surface area contributed by atoms with E-state index in [1.54, 1.807) is 30.3 Å². The van der Waals surface area contributed by atoms with Gasteiger partial charge in [0.15, 0.2) is 0 Å². The number of fused-ring (bicyclic) bond motifs is 2. The maximum Gasteiger partial charge on any atom is 0.265 e. The summed E-state index contributed by atoms with van der Waals surface area (Å²) in [5.41, 5.74) is 7.63. The Morgan fingerprint density at radius 3 is 2.18 bits per heavy atom. The Morgan fingerprint density at radius 1 is 0.667 bits per heavy atom. The van der Waals surface area contributed by atoms with Gasteiger partial charge in [0.05, 0.1) is 27.1 Å². The maximum absolute atomic E-state index is 13.5. The zero-order valence-electron chi connectivity index (χ0n) is 31.2. The normalized spacial score (nSPS) is 15.0. The molecule has 1 N–H and O–H groups in total. The third-order valence-corrected chi connectivity index (χ3v) is 12.8. The molecule has 2 aliphatic rings. The van der Waals surface area contributed by atoms with Gasteiger partial charge in [-0.1, -0.05) is 73.3 Å². The third-order valence-electron chi connectivity index (χ3n) is 11.2. The van der Waals surface area contributed by atoms with Gasteiger partial charge in [-0.2, -0.15) is 0 Å². The molecule has 11 heteroatoms. The van der Waals surface area contributed by atoms with Crippen LogP contribution in [0.25, 0.3) is 55.7 Å². The van der Waals surface area contributed by atoms with Crippen molar-refractivity contribution in [1.29, 1.82) is 0 Å². The van der Waals surface area contributed by atoms with E-state index in [1.807, 2.05) is 71.6 Å². The molecule has 286 valence electrons. The molecule has 9 nitrogen and oxygen atoms in total. The lowest BCUT2D eigenvalue weighted by Gasteiger charge is -2.25. The molecule has 1 aliphatic carbocycles. The highest BCUT2D eigenvalue weighted by Gasteiger charge is 2.25. The molecule has 1 aliphatic heterocycles. The van der Waals surface area contributed by atoms with Crippen LogP contribution in [0.1, 0.15) is 71.7 Å². The lowest BCUT2D eigenvalue weighted by atomic mass is 9.94. The minimum absolute atomic E-state index is 0.0179. The quantitative estimate of drug-likeness (QED) is 0.164. The van der Waals surface area contributed by atoms with Crippen LogP contribution in [0.5, 0.6) is 0 Å². The number of hydrogen-bond acceptors (Lipinski definition) is 6. The van der Waals surface area contributed by atoms with Crippen molar-refractivity contribution < 1.29 is 18.0 Å². The molecule has 7 aromatic rings. The molecule has 1 saturated heterocycles. The van der Waals surface area contributed by atoms with Crippen LogP contribution in [-0.4, -0.2) is 52.8 Å². The predicted molar refractivity (Wildman–Crippen MR) is 225 cm³/mol. The second-order valence-electron chi connectivity index (χ2n) is 14.9. The van der Waals surface area contributed by atoms with Crippen LogP contribution < -0.4 is 4.72 Å². The highest BCUT2D eigenvalue weighted by molar-refractivity contribution is 7.90. The first kappa shape index (κ1) is 36.8. The van der Waals surface area contributed by atoms with E-state index >= 15 is 0 Å². The van der Waals surface area contributed by atoms with Crippen molar-refractivity contribution in [2.45, 2.75) is 55.9 Å². The highest BCUT2D eigenvalue weighted by atomic mass is 35.5. The number of carbonyl (C=O) groups is 2. The number of carbonyl (C=O) groups excluding carboxylic acids is 2. The number of likely N-dealkylation sites (tertiary alicyclic amines) is 1. The smallest absolute Gasteiger partial charge is 0.265 e. The van der Waals surface area contributed by atoms with Gasteiger partial charge >= 0.3 is 0 Å². The highest BCUT2D eigenvalue weighted by Crippen LogP contribution is 2.38. The molecule has 0 atom stereocenters. The van der Waals surface area contributed by atoms with E-state index < -0.39 is 15.9 Å². The Labute approximate surface area is 336 Å². The van der Waals surface area contributed by atoms with Crippen molar-refractivity contribution in [2.24, 2.45) is 0 Å². The van der Waals surface area contributed by atoms with E-state index in [0.29, 0.717) is 16.1 Å². The number of hydrogen-bond donors (Lipinski definition) is 1. The van der Waals surface area contributed by atoms with E-state index in [4.69, 9.17) is 21.6 Å². The standard InChI is InChI=1S/C46H40ClN5O4S/c47-35-19-13-30(14-20-35)38-21-15-34(46(54)51-25-7-8-26-51)28-39(38)41-23-16-31-27-32(17-22-40(31)48-41)44-49-42-29-33(18-24-43(42)52(44)36-9-3-1-4-10-36)45(53)50-57(55,56)37-11-5-2-6-12-37/h2,5-6,11-24,27-29,36H,1,3-4,7-10,25-26H2,(H,50,53). The fraction of sp³-hybridized carbons (Fsp3) is 0.217. The molecule has 3 heterocycles. The summed E-state index contributed by atoms with van der Waals surface area (Å²) in [6.07, 6.45) is 7.51. The number of halogens is 1. The van der Waals surface area contributed by atoms with Crippen molar-refractivity contribution in [1.82, 2.24) is 24.2 Å². The number of nitrogens with zero attached hydrogens (tertiary/aromatic N) is 4. The fourth-order valence-electron chi connectivity index (χ4n) is 8.28. The number of imidazole rings is 1. The Kier molecular flexibility index (Phi) is 9.84. The first-order chi connectivity index (χ1) is 27.7. The Morgan fingerprint density at radius 2 is 1.40 bits per heavy atom. The van der Waals surface area contributed by atoms with Crippen LogP contribution in [0, 0.1) is 0 Å². The summed E-state index contributed by atoms with van der Waals surface area (Å²) in [6, 6.07) is 37.1. The van der Waals surface area contributed by atoms with Crippen LogP contribution in [0.4, 0.5) is 0 Å². The predicted octanol–water partition coefficient (Wildman–Crippen LogP) is 10.1. The molecule has 2 aromatic heterocycles. The van der Waals surface area contributed by atoms with Crippen molar-refractivity contribution in [3.8, 4) is 33.8 Å². The summed E-state index contributed by atoms with van der Waals surface area (Å²) in [5.74, 6) is 0.107. The summed E-state index contributed by atoms with van der Waals surface area (Å²) in [4.78, 5) is 39.0. The molecule has 0 unspecified atom stereocenters. The summed E-state index contributed by atoms with van der Waals surface area (Å²) in [5, 5.41) is 1.58. The van der Waals surface area contributed by atoms with E-state index in [0.717, 1.165) is 102 Å². The molecule has 2 fully saturated rings. The van der Waals surface area contributed by atoms with Crippen molar-refractivity contribution in [3.05, 3.63) is 137 Å². The Bertz CT molecular complexity index is 2770. The number of pyridine rings is 1. The minimum atomic E-state index is -4.05. The lowest BCUT2D eigenvalue weighted by molar-refractivity contribution is 0.0792. The summed E-state index contributed by atoms with van der Waals surface area (Å²) in [7, 11) is -4.05. The van der Waals surface area contributed by atoms with Crippen molar-refractivity contribution in [2.75, 3.05) is 13.1 Å². The van der Waals surface area contributed by atoms with E-state index in [1.165, 1.54) is 18.6 Å². The van der Waals surface area contributed by atoms with Crippen LogP contribution in [0.2, 0.25) is 5.02 Å². The molecular weight excluding hydrogens is 754 g/mol. The number of nitrogens with one attached hydrogen (secondary N) is 1. The number of aromatic nitrogens is 3. The largest absolute Gasteiger partial charge is 0.339 e. The van der Waals surface area contributed by atoms with Crippen LogP contribution in [-0.2, 0) is 10.0 Å². The van der Waals surface area contributed by atoms with Gasteiger partial charge in [0.2, 0.25) is 0 Å². The number of benzene rings is 5. The van der Waals surface area contributed by atoms with Gasteiger partial charge < -0.3 is 9.47 Å². The van der Waals surface area contributed by atoms with Gasteiger partial charge in [0.25, 0.3) is 21.8 Å². The van der Waals surface area contributed by atoms with E-state index in [2.05, 4.69) is 21.4 Å². The molecule has 0 bridgehead atoms. The summed E-state index contributed by atoms with van der Waals surface area (Å²) >= 11 is 6.25. The first-order valence-corrected chi connectivity index (χ1v) is 21.3. The summed E-state index contributed by atoms with van der Waals surface area (Å²) < 4.78 is 30.4. The van der Waals surface area contributed by atoms with E-state index in [9.17, 15) is 18.0 Å². The number of amides is 2. The Balaban J connectivity index is 1.09. The van der Waals surface area contributed by atoms with E-state index in [-0.39, 0.29) is 22.4 Å². The minimum Gasteiger partial charge on any atom is -0.339 e. The molecule has 0 radical (unpaired) electrons. The Hall–Kier alpha value is -5.84. The molecule has 9 rings (SSSR count). The monoisotopic (exact) mass is 793 g/mol. The average Bonchev–Trinajstić information content (AvgIpc) is 3.93. The van der Waals surface area contributed by atoms with Crippen molar-refractivity contribution in [3.63, 3.8) is 0 Å². The van der Waals surface area contributed by atoms with Crippen LogP contribution in [0.15, 0.2) is 126 Å². The average molecular weight is 794 g/mol. The molecular formula is C46H40ClN5O4S. The molecule has 57 heavy (non-hydrogen) atoms. The number of rotatable bonds is 8. The van der Waals surface area contributed by atoms with Crippen LogP contribution in [0.3, 0.4) is 0 Å². The first-order valence-electron chi connectivity index (χ1n) is 19.5. The molecule has 5 aromatic carbocycles. The SMILES string of the molecule is O=C(NS(=O)(=O)c1ccccc1)c1ccc2c(c1)nc(-c1ccc3nc(-c4cc(C(=O)N5CCCC5)ccc4-c4ccc(Cl)cc4)ccc3c1)n2C1CCCCC1.